The third-order valence-electron chi connectivity index (χ3n) is 5.20. The molecule has 0 radical (unpaired) electrons. The van der Waals surface area contributed by atoms with E-state index in [2.05, 4.69) is 0 Å². The lowest BCUT2D eigenvalue weighted by Crippen LogP contribution is -2.42. The highest BCUT2D eigenvalue weighted by molar-refractivity contribution is 8.00. The van der Waals surface area contributed by atoms with Crippen LogP contribution >= 0.6 is 11.8 Å². The van der Waals surface area contributed by atoms with Gasteiger partial charge in [-0.3, -0.25) is 9.59 Å². The molecule has 0 aromatic heterocycles. The van der Waals surface area contributed by atoms with Gasteiger partial charge in [0.15, 0.2) is 0 Å². The molecule has 0 bridgehead atoms. The van der Waals surface area contributed by atoms with E-state index in [4.69, 9.17) is 4.74 Å². The minimum absolute atomic E-state index is 0.0879. The van der Waals surface area contributed by atoms with Gasteiger partial charge in [0.1, 0.15) is 5.82 Å². The smallest absolute Gasteiger partial charge is 0.232 e. The first-order chi connectivity index (χ1) is 13.1. The Morgan fingerprint density at radius 2 is 1.67 bits per heavy atom. The minimum Gasteiger partial charge on any atom is -0.378 e. The first-order valence-electron chi connectivity index (χ1n) is 9.57. The number of benzene rings is 1. The van der Waals surface area contributed by atoms with Gasteiger partial charge in [-0.25, -0.2) is 4.39 Å². The van der Waals surface area contributed by atoms with E-state index in [9.17, 15) is 14.0 Å². The summed E-state index contributed by atoms with van der Waals surface area (Å²) in [6.45, 7) is 3.98. The van der Waals surface area contributed by atoms with Crippen molar-refractivity contribution < 1.29 is 18.7 Å². The van der Waals surface area contributed by atoms with Gasteiger partial charge in [-0.1, -0.05) is 12.1 Å². The molecule has 0 N–H and O–H groups in total. The number of piperidine rings is 1. The van der Waals surface area contributed by atoms with Gasteiger partial charge in [-0.15, -0.1) is 11.8 Å². The molecule has 0 aliphatic carbocycles. The van der Waals surface area contributed by atoms with Crippen molar-refractivity contribution in [2.24, 2.45) is 5.92 Å². The van der Waals surface area contributed by atoms with Gasteiger partial charge in [0.25, 0.3) is 0 Å². The minimum atomic E-state index is -0.191. The van der Waals surface area contributed by atoms with Gasteiger partial charge in [0.05, 0.1) is 24.7 Å². The van der Waals surface area contributed by atoms with Crippen molar-refractivity contribution in [2.75, 3.05) is 50.9 Å². The van der Waals surface area contributed by atoms with E-state index in [-0.39, 0.29) is 17.6 Å². The lowest BCUT2D eigenvalue weighted by atomic mass is 9.90. The van der Waals surface area contributed by atoms with Crippen LogP contribution in [0.3, 0.4) is 0 Å². The molecule has 7 heteroatoms. The maximum atomic E-state index is 13.3. The van der Waals surface area contributed by atoms with Crippen molar-refractivity contribution in [3.63, 3.8) is 0 Å². The molecule has 27 heavy (non-hydrogen) atoms. The number of thioether (sulfide) groups is 1. The predicted octanol–water partition coefficient (Wildman–Crippen LogP) is 2.20. The molecule has 2 amide bonds. The van der Waals surface area contributed by atoms with Gasteiger partial charge < -0.3 is 14.5 Å². The summed E-state index contributed by atoms with van der Waals surface area (Å²) in [6.07, 6.45) is 2.75. The fourth-order valence-corrected chi connectivity index (χ4v) is 4.42. The quantitative estimate of drug-likeness (QED) is 0.742. The van der Waals surface area contributed by atoms with Crippen LogP contribution in [0, 0.1) is 11.7 Å². The highest BCUT2D eigenvalue weighted by Crippen LogP contribution is 2.22. The number of hydrogen-bond acceptors (Lipinski definition) is 4. The summed E-state index contributed by atoms with van der Waals surface area (Å²) < 4.78 is 18.5. The number of nitrogens with zero attached hydrogens (tertiary/aromatic N) is 2. The second-order valence-electron chi connectivity index (χ2n) is 7.14. The van der Waals surface area contributed by atoms with E-state index in [1.165, 1.54) is 17.8 Å². The van der Waals surface area contributed by atoms with Crippen LogP contribution in [0.1, 0.15) is 18.4 Å². The largest absolute Gasteiger partial charge is 0.378 e. The molecule has 3 rings (SSSR count). The summed E-state index contributed by atoms with van der Waals surface area (Å²) >= 11 is 1.40. The first kappa shape index (κ1) is 20.1. The van der Waals surface area contributed by atoms with E-state index >= 15 is 0 Å². The molecule has 0 spiro atoms. The van der Waals surface area contributed by atoms with Crippen LogP contribution in [0.2, 0.25) is 0 Å². The zero-order valence-corrected chi connectivity index (χ0v) is 16.4. The highest BCUT2D eigenvalue weighted by atomic mass is 32.2. The Hall–Kier alpha value is -1.60. The van der Waals surface area contributed by atoms with E-state index < -0.39 is 0 Å². The van der Waals surface area contributed by atoms with Crippen LogP contribution < -0.4 is 0 Å². The van der Waals surface area contributed by atoms with Crippen LogP contribution in [-0.2, 0) is 20.7 Å². The lowest BCUT2D eigenvalue weighted by Gasteiger charge is -2.32. The molecule has 5 nitrogen and oxygen atoms in total. The standard InChI is InChI=1S/C20H27FN2O3S/c21-18-3-1-2-17(13-18)12-16-4-6-22(7-5-16)19(24)14-27-15-20(25)23-8-10-26-11-9-23/h1-3,13,16H,4-12,14-15H2. The van der Waals surface area contributed by atoms with Crippen LogP contribution in [0.25, 0.3) is 0 Å². The topological polar surface area (TPSA) is 49.9 Å². The summed E-state index contributed by atoms with van der Waals surface area (Å²) in [5.41, 5.74) is 1.02. The number of halogens is 1. The third-order valence-corrected chi connectivity index (χ3v) is 6.10. The summed E-state index contributed by atoms with van der Waals surface area (Å²) in [5, 5.41) is 0. The molecule has 2 heterocycles. The monoisotopic (exact) mass is 394 g/mol. The van der Waals surface area contributed by atoms with E-state index in [1.54, 1.807) is 17.0 Å². The summed E-state index contributed by atoms with van der Waals surface area (Å²) in [7, 11) is 0. The highest BCUT2D eigenvalue weighted by Gasteiger charge is 2.23. The fourth-order valence-electron chi connectivity index (χ4n) is 3.60. The fraction of sp³-hybridized carbons (Fsp3) is 0.600. The Labute approximate surface area is 164 Å². The average Bonchev–Trinajstić information content (AvgIpc) is 2.69. The number of likely N-dealkylation sites (tertiary alicyclic amines) is 1. The second kappa shape index (κ2) is 10.1. The number of carbonyl (C=O) groups excluding carboxylic acids is 2. The Morgan fingerprint density at radius 1 is 1.04 bits per heavy atom. The van der Waals surface area contributed by atoms with Crippen molar-refractivity contribution in [2.45, 2.75) is 19.3 Å². The molecule has 0 saturated carbocycles. The van der Waals surface area contributed by atoms with Crippen molar-refractivity contribution in [1.82, 2.24) is 9.80 Å². The summed E-state index contributed by atoms with van der Waals surface area (Å²) in [6, 6.07) is 6.77. The van der Waals surface area contributed by atoms with Crippen molar-refractivity contribution in [1.29, 1.82) is 0 Å². The van der Waals surface area contributed by atoms with E-state index in [0.717, 1.165) is 37.9 Å². The SMILES string of the molecule is O=C(CSCC(=O)N1CCC(Cc2cccc(F)c2)CC1)N1CCOCC1. The zero-order valence-electron chi connectivity index (χ0n) is 15.6. The van der Waals surface area contributed by atoms with Crippen LogP contribution in [0.5, 0.6) is 0 Å². The van der Waals surface area contributed by atoms with Crippen LogP contribution in [0.4, 0.5) is 4.39 Å². The van der Waals surface area contributed by atoms with Gasteiger partial charge in [-0.2, -0.15) is 0 Å². The molecule has 2 saturated heterocycles. The number of morpholine rings is 1. The van der Waals surface area contributed by atoms with E-state index in [0.29, 0.717) is 43.7 Å². The molecule has 2 fully saturated rings. The van der Waals surface area contributed by atoms with Crippen molar-refractivity contribution >= 4 is 23.6 Å². The van der Waals surface area contributed by atoms with Crippen molar-refractivity contribution in [3.05, 3.63) is 35.6 Å². The molecule has 148 valence electrons. The molecule has 2 aliphatic heterocycles. The molecule has 1 aromatic carbocycles. The Morgan fingerprint density at radius 3 is 2.30 bits per heavy atom. The van der Waals surface area contributed by atoms with Gasteiger partial charge in [0, 0.05) is 26.2 Å². The molecule has 2 aliphatic rings. The van der Waals surface area contributed by atoms with Crippen LogP contribution in [0.15, 0.2) is 24.3 Å². The van der Waals surface area contributed by atoms with Gasteiger partial charge in [-0.05, 0) is 42.9 Å². The van der Waals surface area contributed by atoms with Gasteiger partial charge >= 0.3 is 0 Å². The molecule has 1 aromatic rings. The Balaban J connectivity index is 1.34. The normalized spacial score (nSPS) is 18.6. The summed E-state index contributed by atoms with van der Waals surface area (Å²) in [4.78, 5) is 28.2. The first-order valence-corrected chi connectivity index (χ1v) is 10.7. The number of amides is 2. The number of hydrogen-bond donors (Lipinski definition) is 0. The van der Waals surface area contributed by atoms with Crippen molar-refractivity contribution in [3.8, 4) is 0 Å². The maximum Gasteiger partial charge on any atom is 0.232 e. The van der Waals surface area contributed by atoms with Crippen LogP contribution in [-0.4, -0.2) is 72.5 Å². The molecule has 0 atom stereocenters. The Kier molecular flexibility index (Phi) is 7.52. The second-order valence-corrected chi connectivity index (χ2v) is 8.13. The zero-order chi connectivity index (χ0) is 19.1. The van der Waals surface area contributed by atoms with E-state index in [1.807, 2.05) is 11.0 Å². The predicted molar refractivity (Wildman–Crippen MR) is 104 cm³/mol. The molecular weight excluding hydrogens is 367 g/mol. The number of rotatable bonds is 6. The Bertz CT molecular complexity index is 644. The summed E-state index contributed by atoms with van der Waals surface area (Å²) in [5.74, 6) is 1.20. The number of ether oxygens (including phenoxy) is 1. The average molecular weight is 395 g/mol. The number of carbonyl (C=O) groups is 2. The lowest BCUT2D eigenvalue weighted by molar-refractivity contribution is -0.132. The third kappa shape index (κ3) is 6.21. The molecule has 0 unspecified atom stereocenters. The van der Waals surface area contributed by atoms with Gasteiger partial charge in [0.2, 0.25) is 11.8 Å². The molecular formula is C20H27FN2O3S. The maximum absolute atomic E-state index is 13.3.